The molecule has 16 N–H and O–H groups in total. The standard InChI is InChI=1S/C32H56N8O8/c41-17-1-9-10(2-18(17)42)26-33-25(9)37-27-11-3-19(43)20(44)4-12(11)29(34-27)39-31-15-7-23(47)24(48)8-16(15)32(36-31)40-30-14-6-22(46)21(45)5-13(14)28(35-30)38-26/h9-48H,1-8H2. The molecule has 4 saturated carbocycles. The molecule has 272 valence electrons. The largest absolute Gasteiger partial charge is 0.390 e. The second kappa shape index (κ2) is 12.5. The molecule has 16 nitrogen and oxygen atoms in total. The lowest BCUT2D eigenvalue weighted by atomic mass is 9.74. The molecule has 9 aliphatic rings. The summed E-state index contributed by atoms with van der Waals surface area (Å²) < 4.78 is 0. The van der Waals surface area contributed by atoms with Gasteiger partial charge in [0.1, 0.15) is 0 Å². The van der Waals surface area contributed by atoms with Crippen molar-refractivity contribution in [1.29, 1.82) is 0 Å². The SMILES string of the molecule is OC1CC2C3NC(NC4NC(NC5NC(NC6NC(N3)C3CC(O)C(O)CC63)C3CC(O)C(O)CC53)C3CC(O)C(O)CC43)C2CC1O. The fourth-order valence-corrected chi connectivity index (χ4v) is 11.9. The van der Waals surface area contributed by atoms with E-state index in [4.69, 9.17) is 0 Å². The smallest absolute Gasteiger partial charge is 0.0803 e. The van der Waals surface area contributed by atoms with E-state index in [0.29, 0.717) is 51.4 Å². The molecule has 0 radical (unpaired) electrons. The van der Waals surface area contributed by atoms with Gasteiger partial charge in [0.25, 0.3) is 0 Å². The van der Waals surface area contributed by atoms with Crippen LogP contribution in [-0.4, -0.2) is 139 Å². The minimum Gasteiger partial charge on any atom is -0.390 e. The van der Waals surface area contributed by atoms with Crippen molar-refractivity contribution >= 4 is 0 Å². The Kier molecular flexibility index (Phi) is 8.65. The average molecular weight is 681 g/mol. The normalized spacial score (nSPS) is 62.5. The van der Waals surface area contributed by atoms with Crippen LogP contribution in [0.5, 0.6) is 0 Å². The van der Waals surface area contributed by atoms with E-state index >= 15 is 0 Å². The van der Waals surface area contributed by atoms with E-state index in [1.165, 1.54) is 0 Å². The molecule has 16 atom stereocenters. The lowest BCUT2D eigenvalue weighted by molar-refractivity contribution is -0.0576. The maximum absolute atomic E-state index is 10.8. The van der Waals surface area contributed by atoms with Gasteiger partial charge in [-0.25, -0.2) is 0 Å². The topological polar surface area (TPSA) is 258 Å². The van der Waals surface area contributed by atoms with Gasteiger partial charge in [-0.1, -0.05) is 0 Å². The molecule has 9 fully saturated rings. The molecule has 16 unspecified atom stereocenters. The van der Waals surface area contributed by atoms with Crippen molar-refractivity contribution in [2.75, 3.05) is 0 Å². The fraction of sp³-hybridized carbons (Fsp3) is 1.00. The minimum atomic E-state index is -0.827. The summed E-state index contributed by atoms with van der Waals surface area (Å²) in [7, 11) is 0. The summed E-state index contributed by atoms with van der Waals surface area (Å²) in [5.41, 5.74) is 0. The minimum absolute atomic E-state index is 0.0152. The van der Waals surface area contributed by atoms with Crippen LogP contribution in [0.25, 0.3) is 0 Å². The molecule has 5 saturated heterocycles. The fourth-order valence-electron chi connectivity index (χ4n) is 11.9. The predicted molar refractivity (Wildman–Crippen MR) is 168 cm³/mol. The number of fused-ring (bicyclic) bond motifs is 20. The van der Waals surface area contributed by atoms with E-state index in [9.17, 15) is 40.9 Å². The van der Waals surface area contributed by atoms with Crippen LogP contribution in [-0.2, 0) is 0 Å². The van der Waals surface area contributed by atoms with Crippen LogP contribution < -0.4 is 42.5 Å². The summed E-state index contributed by atoms with van der Waals surface area (Å²) in [6, 6.07) is 0. The second-order valence-electron chi connectivity index (χ2n) is 16.9. The van der Waals surface area contributed by atoms with E-state index in [1.54, 1.807) is 0 Å². The van der Waals surface area contributed by atoms with Crippen molar-refractivity contribution < 1.29 is 40.9 Å². The Balaban J connectivity index is 1.07. The van der Waals surface area contributed by atoms with Gasteiger partial charge >= 0.3 is 0 Å². The number of rotatable bonds is 0. The molecule has 9 rings (SSSR count). The molecular formula is C32H56N8O8. The molecule has 0 aromatic heterocycles. The lowest BCUT2D eigenvalue weighted by Crippen LogP contribution is -2.61. The highest BCUT2D eigenvalue weighted by molar-refractivity contribution is 5.11. The Labute approximate surface area is 280 Å². The van der Waals surface area contributed by atoms with Gasteiger partial charge < -0.3 is 40.9 Å². The van der Waals surface area contributed by atoms with Crippen LogP contribution in [0.3, 0.4) is 0 Å². The quantitative estimate of drug-likeness (QED) is 0.114. The number of aliphatic hydroxyl groups excluding tert-OH is 8. The third kappa shape index (κ3) is 5.50. The highest BCUT2D eigenvalue weighted by Gasteiger charge is 2.58. The lowest BCUT2D eigenvalue weighted by Gasteiger charge is -2.40. The third-order valence-electron chi connectivity index (χ3n) is 14.4. The summed E-state index contributed by atoms with van der Waals surface area (Å²) in [6.07, 6.45) is -4.80. The highest BCUT2D eigenvalue weighted by Crippen LogP contribution is 2.46. The molecule has 0 aromatic rings. The number of hydrogen-bond acceptors (Lipinski definition) is 16. The molecule has 0 spiro atoms. The Morgan fingerprint density at radius 2 is 0.312 bits per heavy atom. The monoisotopic (exact) mass is 680 g/mol. The third-order valence-corrected chi connectivity index (χ3v) is 14.4. The van der Waals surface area contributed by atoms with Crippen LogP contribution in [0.2, 0.25) is 0 Å². The first-order valence-electron chi connectivity index (χ1n) is 18.5. The zero-order valence-corrected chi connectivity index (χ0v) is 27.1. The van der Waals surface area contributed by atoms with Gasteiger partial charge in [0.15, 0.2) is 0 Å². The van der Waals surface area contributed by atoms with Gasteiger partial charge in [-0.2, -0.15) is 0 Å². The van der Waals surface area contributed by atoms with Crippen molar-refractivity contribution in [3.05, 3.63) is 0 Å². The van der Waals surface area contributed by atoms with Crippen LogP contribution in [0.1, 0.15) is 51.4 Å². The molecule has 5 heterocycles. The zero-order chi connectivity index (χ0) is 33.2. The number of nitrogens with one attached hydrogen (secondary N) is 8. The van der Waals surface area contributed by atoms with Crippen molar-refractivity contribution in [2.24, 2.45) is 47.3 Å². The second-order valence-corrected chi connectivity index (χ2v) is 16.9. The molecule has 4 aliphatic carbocycles. The van der Waals surface area contributed by atoms with E-state index in [1.807, 2.05) is 0 Å². The van der Waals surface area contributed by atoms with Gasteiger partial charge in [-0.3, -0.25) is 42.5 Å². The maximum Gasteiger partial charge on any atom is 0.0803 e. The summed E-state index contributed by atoms with van der Waals surface area (Å²) in [5.74, 6) is 0.122. The molecule has 48 heavy (non-hydrogen) atoms. The van der Waals surface area contributed by atoms with Crippen LogP contribution in [0.15, 0.2) is 0 Å². The molecule has 5 aliphatic heterocycles. The van der Waals surface area contributed by atoms with Crippen molar-refractivity contribution in [3.8, 4) is 0 Å². The first-order chi connectivity index (χ1) is 23.0. The summed E-state index contributed by atoms with van der Waals surface area (Å²) in [5, 5.41) is 117. The van der Waals surface area contributed by atoms with Crippen molar-refractivity contribution in [2.45, 2.75) is 150 Å². The summed E-state index contributed by atoms with van der Waals surface area (Å²) in [6.45, 7) is 0. The molecule has 8 bridgehead atoms. The zero-order valence-electron chi connectivity index (χ0n) is 27.1. The van der Waals surface area contributed by atoms with Crippen molar-refractivity contribution in [3.63, 3.8) is 0 Å². The molecular weight excluding hydrogens is 624 g/mol. The molecule has 0 amide bonds. The first-order valence-corrected chi connectivity index (χ1v) is 18.5. The Morgan fingerprint density at radius 1 is 0.208 bits per heavy atom. The van der Waals surface area contributed by atoms with Gasteiger partial charge in [0, 0.05) is 0 Å². The average Bonchev–Trinajstić information content (AvgIpc) is 3.74. The molecule has 0 aromatic carbocycles. The van der Waals surface area contributed by atoms with Gasteiger partial charge in [0.05, 0.1) is 98.2 Å². The summed E-state index contributed by atoms with van der Waals surface area (Å²) in [4.78, 5) is 0. The van der Waals surface area contributed by atoms with E-state index in [0.717, 1.165) is 0 Å². The maximum atomic E-state index is 10.8. The van der Waals surface area contributed by atoms with Crippen LogP contribution in [0, 0.1) is 47.3 Å². The van der Waals surface area contributed by atoms with Crippen LogP contribution >= 0.6 is 0 Å². The van der Waals surface area contributed by atoms with Crippen LogP contribution in [0.4, 0.5) is 0 Å². The molecule has 16 heteroatoms. The highest BCUT2D eigenvalue weighted by atomic mass is 16.3. The Morgan fingerprint density at radius 3 is 0.417 bits per heavy atom. The Hall–Kier alpha value is -0.640. The Bertz CT molecular complexity index is 941. The van der Waals surface area contributed by atoms with E-state index in [2.05, 4.69) is 42.5 Å². The summed E-state index contributed by atoms with van der Waals surface area (Å²) >= 11 is 0. The van der Waals surface area contributed by atoms with Crippen molar-refractivity contribution in [1.82, 2.24) is 42.5 Å². The van der Waals surface area contributed by atoms with Gasteiger partial charge in [-0.15, -0.1) is 0 Å². The number of aliphatic hydroxyl groups is 8. The van der Waals surface area contributed by atoms with E-state index < -0.39 is 48.8 Å². The van der Waals surface area contributed by atoms with Gasteiger partial charge in [-0.05, 0) is 98.7 Å². The predicted octanol–water partition coefficient (Wildman–Crippen LogP) is -5.63. The number of hydrogen-bond donors (Lipinski definition) is 16. The van der Waals surface area contributed by atoms with E-state index in [-0.39, 0.29) is 96.7 Å². The van der Waals surface area contributed by atoms with Gasteiger partial charge in [0.2, 0.25) is 0 Å². The first kappa shape index (κ1) is 33.2.